The Kier molecular flexibility index (Phi) is 6.77. The summed E-state index contributed by atoms with van der Waals surface area (Å²) in [6, 6.07) is 8.49. The first-order valence-corrected chi connectivity index (χ1v) is 10.1. The minimum absolute atomic E-state index is 0.0385. The number of pyridine rings is 1. The van der Waals surface area contributed by atoms with Crippen LogP contribution in [0.25, 0.3) is 10.9 Å². The predicted molar refractivity (Wildman–Crippen MR) is 121 cm³/mol. The number of carbonyl (C=O) groups excluding carboxylic acids is 1. The second kappa shape index (κ2) is 9.32. The second-order valence-electron chi connectivity index (χ2n) is 7.46. The van der Waals surface area contributed by atoms with Crippen molar-refractivity contribution in [1.82, 2.24) is 14.5 Å². The lowest BCUT2D eigenvalue weighted by Crippen LogP contribution is -2.43. The van der Waals surface area contributed by atoms with Crippen LogP contribution in [-0.2, 0) is 11.3 Å². The van der Waals surface area contributed by atoms with Gasteiger partial charge in [0.25, 0.3) is 11.5 Å². The third-order valence-corrected chi connectivity index (χ3v) is 4.90. The highest BCUT2D eigenvalue weighted by Crippen LogP contribution is 2.25. The highest BCUT2D eigenvalue weighted by molar-refractivity contribution is 6.30. The average molecular weight is 446 g/mol. The molecular weight excluding hydrogens is 422 g/mol. The zero-order valence-electron chi connectivity index (χ0n) is 17.5. The van der Waals surface area contributed by atoms with E-state index in [9.17, 15) is 14.4 Å². The van der Waals surface area contributed by atoms with Gasteiger partial charge in [-0.3, -0.25) is 24.0 Å². The minimum Gasteiger partial charge on any atom is -0.383 e. The molecule has 0 aliphatic carbocycles. The molecule has 0 fully saturated rings. The van der Waals surface area contributed by atoms with Crippen LogP contribution in [0.4, 0.5) is 11.5 Å². The summed E-state index contributed by atoms with van der Waals surface area (Å²) < 4.78 is 6.39. The topological polar surface area (TPSA) is 123 Å². The van der Waals surface area contributed by atoms with Gasteiger partial charge in [0.05, 0.1) is 17.7 Å². The summed E-state index contributed by atoms with van der Waals surface area (Å²) in [5.74, 6) is -0.509. The largest absolute Gasteiger partial charge is 0.383 e. The lowest BCUT2D eigenvalue weighted by atomic mass is 10.1. The molecule has 0 radical (unpaired) electrons. The highest BCUT2D eigenvalue weighted by atomic mass is 35.5. The number of nitrogen functional groups attached to an aromatic ring is 1. The van der Waals surface area contributed by atoms with Crippen LogP contribution in [-0.4, -0.2) is 40.7 Å². The third kappa shape index (κ3) is 4.62. The number of aromatic nitrogens is 3. The number of rotatable bonds is 7. The number of methoxy groups -OCH3 is 1. The summed E-state index contributed by atoms with van der Waals surface area (Å²) in [5.41, 5.74) is 5.54. The molecule has 0 spiro atoms. The Balaban J connectivity index is 2.22. The van der Waals surface area contributed by atoms with Crippen LogP contribution in [0.15, 0.2) is 39.9 Å². The molecule has 2 heterocycles. The zero-order valence-corrected chi connectivity index (χ0v) is 18.3. The van der Waals surface area contributed by atoms with Gasteiger partial charge < -0.3 is 10.5 Å². The molecule has 0 bridgehead atoms. The van der Waals surface area contributed by atoms with Crippen LogP contribution in [0.1, 0.15) is 24.2 Å². The maximum absolute atomic E-state index is 13.6. The van der Waals surface area contributed by atoms with Crippen LogP contribution in [0.2, 0.25) is 5.15 Å². The first-order valence-electron chi connectivity index (χ1n) is 9.73. The molecule has 3 N–H and O–H groups in total. The van der Waals surface area contributed by atoms with Gasteiger partial charge in [-0.2, -0.15) is 0 Å². The van der Waals surface area contributed by atoms with Crippen molar-refractivity contribution in [3.63, 3.8) is 0 Å². The van der Waals surface area contributed by atoms with Crippen LogP contribution >= 0.6 is 11.6 Å². The maximum atomic E-state index is 13.6. The van der Waals surface area contributed by atoms with Gasteiger partial charge in [0, 0.05) is 25.6 Å². The Labute approximate surface area is 183 Å². The van der Waals surface area contributed by atoms with Gasteiger partial charge in [-0.25, -0.2) is 9.78 Å². The summed E-state index contributed by atoms with van der Waals surface area (Å²) >= 11 is 6.14. The molecule has 0 atom stereocenters. The average Bonchev–Trinajstić information content (AvgIpc) is 2.72. The van der Waals surface area contributed by atoms with Gasteiger partial charge in [-0.05, 0) is 18.1 Å². The molecule has 0 aliphatic rings. The fraction of sp³-hybridized carbons (Fsp3) is 0.333. The number of para-hydroxylation sites is 1. The van der Waals surface area contributed by atoms with Gasteiger partial charge in [-0.15, -0.1) is 0 Å². The normalized spacial score (nSPS) is 11.3. The molecule has 31 heavy (non-hydrogen) atoms. The molecule has 1 amide bonds. The Morgan fingerprint density at radius 3 is 2.71 bits per heavy atom. The molecule has 9 nitrogen and oxygen atoms in total. The van der Waals surface area contributed by atoms with Crippen LogP contribution in [0.3, 0.4) is 0 Å². The monoisotopic (exact) mass is 445 g/mol. The summed E-state index contributed by atoms with van der Waals surface area (Å²) in [5, 5.41) is 0.713. The Morgan fingerprint density at radius 2 is 2.03 bits per heavy atom. The number of nitrogens with two attached hydrogens (primary N) is 1. The number of anilines is 2. The van der Waals surface area contributed by atoms with Crippen LogP contribution < -0.4 is 21.9 Å². The van der Waals surface area contributed by atoms with Crippen molar-refractivity contribution < 1.29 is 9.53 Å². The molecule has 2 aromatic heterocycles. The lowest BCUT2D eigenvalue weighted by Gasteiger charge is -2.25. The molecule has 3 rings (SSSR count). The smallest absolute Gasteiger partial charge is 0.330 e. The lowest BCUT2D eigenvalue weighted by molar-refractivity contribution is 0.0977. The number of aromatic amines is 1. The molecule has 1 aromatic carbocycles. The van der Waals surface area contributed by atoms with Crippen molar-refractivity contribution in [3.8, 4) is 0 Å². The highest BCUT2D eigenvalue weighted by Gasteiger charge is 2.27. The van der Waals surface area contributed by atoms with Crippen molar-refractivity contribution in [2.24, 2.45) is 5.92 Å². The Hall–Kier alpha value is -3.17. The SMILES string of the molecule is COCCN(C(=O)c1cc(Cl)nc2ccccc12)c1c(N)n(CC(C)C)c(=O)[nH]c1=O. The van der Waals surface area contributed by atoms with E-state index < -0.39 is 17.2 Å². The number of nitrogens with one attached hydrogen (secondary N) is 1. The summed E-state index contributed by atoms with van der Waals surface area (Å²) in [6.45, 7) is 4.29. The van der Waals surface area contributed by atoms with E-state index in [1.807, 2.05) is 13.8 Å². The molecule has 3 aromatic rings. The van der Waals surface area contributed by atoms with E-state index in [1.54, 1.807) is 24.3 Å². The van der Waals surface area contributed by atoms with Crippen LogP contribution in [0, 0.1) is 5.92 Å². The number of nitrogens with zero attached hydrogens (tertiary/aromatic N) is 3. The Bertz CT molecular complexity index is 1230. The zero-order chi connectivity index (χ0) is 22.7. The predicted octanol–water partition coefficient (Wildman–Crippen LogP) is 2.27. The summed E-state index contributed by atoms with van der Waals surface area (Å²) in [7, 11) is 1.48. The number of carbonyl (C=O) groups is 1. The molecule has 0 saturated heterocycles. The fourth-order valence-corrected chi connectivity index (χ4v) is 3.55. The summed E-state index contributed by atoms with van der Waals surface area (Å²) in [6.07, 6.45) is 0. The first-order chi connectivity index (χ1) is 14.7. The Morgan fingerprint density at radius 1 is 1.32 bits per heavy atom. The van der Waals surface area contributed by atoms with E-state index in [-0.39, 0.29) is 47.8 Å². The minimum atomic E-state index is -0.753. The van der Waals surface area contributed by atoms with E-state index in [0.29, 0.717) is 10.9 Å². The van der Waals surface area contributed by atoms with Crippen molar-refractivity contribution >= 4 is 39.9 Å². The maximum Gasteiger partial charge on any atom is 0.330 e. The van der Waals surface area contributed by atoms with Gasteiger partial charge in [0.15, 0.2) is 5.69 Å². The number of fused-ring (bicyclic) bond motifs is 1. The summed E-state index contributed by atoms with van der Waals surface area (Å²) in [4.78, 5) is 46.4. The molecular formula is C21H24ClN5O4. The van der Waals surface area contributed by atoms with E-state index in [2.05, 4.69) is 9.97 Å². The van der Waals surface area contributed by atoms with Gasteiger partial charge >= 0.3 is 5.69 Å². The molecule has 164 valence electrons. The number of halogens is 1. The molecule has 10 heteroatoms. The van der Waals surface area contributed by atoms with Crippen molar-refractivity contribution in [1.29, 1.82) is 0 Å². The quantitative estimate of drug-likeness (QED) is 0.538. The number of hydrogen-bond donors (Lipinski definition) is 2. The number of amides is 1. The van der Waals surface area contributed by atoms with Crippen molar-refractivity contribution in [2.45, 2.75) is 20.4 Å². The number of ether oxygens (including phenoxy) is 1. The standard InChI is InChI=1S/C21H24ClN5O4/c1-12(2)11-27-18(23)17(19(28)25-21(27)30)26(8-9-31-3)20(29)14-10-16(22)24-15-7-5-4-6-13(14)15/h4-7,10,12H,8-9,11,23H2,1-3H3,(H,25,28,30). The van der Waals surface area contributed by atoms with E-state index in [1.165, 1.54) is 22.6 Å². The fourth-order valence-electron chi connectivity index (χ4n) is 3.35. The molecule has 0 saturated carbocycles. The van der Waals surface area contributed by atoms with Crippen LogP contribution in [0.5, 0.6) is 0 Å². The van der Waals surface area contributed by atoms with Crippen molar-refractivity contribution in [2.75, 3.05) is 30.9 Å². The van der Waals surface area contributed by atoms with Gasteiger partial charge in [0.1, 0.15) is 11.0 Å². The molecule has 0 aliphatic heterocycles. The van der Waals surface area contributed by atoms with Gasteiger partial charge in [0.2, 0.25) is 0 Å². The number of benzene rings is 1. The van der Waals surface area contributed by atoms with E-state index >= 15 is 0 Å². The number of H-pyrrole nitrogens is 1. The molecule has 0 unspecified atom stereocenters. The third-order valence-electron chi connectivity index (χ3n) is 4.71. The van der Waals surface area contributed by atoms with Gasteiger partial charge in [-0.1, -0.05) is 43.6 Å². The van der Waals surface area contributed by atoms with E-state index in [0.717, 1.165) is 0 Å². The van der Waals surface area contributed by atoms with Crippen molar-refractivity contribution in [3.05, 3.63) is 61.9 Å². The second-order valence-corrected chi connectivity index (χ2v) is 7.84. The number of hydrogen-bond acceptors (Lipinski definition) is 6. The first kappa shape index (κ1) is 22.5. The van der Waals surface area contributed by atoms with E-state index in [4.69, 9.17) is 22.1 Å².